The molecule has 3 heteroatoms. The van der Waals surface area contributed by atoms with Gasteiger partial charge >= 0.3 is 6.16 Å². The Morgan fingerprint density at radius 2 is 1.48 bits per heavy atom. The van der Waals surface area contributed by atoms with Crippen LogP contribution in [0.5, 0.6) is 0 Å². The van der Waals surface area contributed by atoms with Crippen LogP contribution >= 0.6 is 0 Å². The first-order chi connectivity index (χ1) is 24.2. The fourth-order valence-electron chi connectivity index (χ4n) is 11.6. The van der Waals surface area contributed by atoms with E-state index in [1.807, 2.05) is 0 Å². The van der Waals surface area contributed by atoms with Crippen LogP contribution in [0.4, 0.5) is 4.79 Å². The quantitative estimate of drug-likeness (QED) is 0.0643. The standard InChI is InChI=1S/C47H82O3/c1-7-8-9-10-11-12-13-14-15-16-17-18-19-20-21-22-35-49-45(48)50-40-31-33-46(5)39(36-40)29-30-41-43-28-24-27-42(38(4)26-23-25-37(2)3)47(43,6)34-32-44(41)46/h14-15,29,37-38,40-44H,7-13,16-28,30-36H2,1-6H3/b15-14-/t38?,40?,41-,42?,43+,44+,46?,47?/m1/s1. The van der Waals surface area contributed by atoms with Crippen molar-refractivity contribution < 1.29 is 14.3 Å². The average molecular weight is 695 g/mol. The molecule has 0 N–H and O–H groups in total. The van der Waals surface area contributed by atoms with Gasteiger partial charge in [0.1, 0.15) is 6.10 Å². The molecule has 0 amide bonds. The summed E-state index contributed by atoms with van der Waals surface area (Å²) in [5.74, 6) is 5.11. The van der Waals surface area contributed by atoms with Gasteiger partial charge in [-0.25, -0.2) is 4.79 Å². The lowest BCUT2D eigenvalue weighted by molar-refractivity contribution is -0.110. The minimum atomic E-state index is -0.440. The number of allylic oxidation sites excluding steroid dienone is 3. The molecule has 3 saturated carbocycles. The van der Waals surface area contributed by atoms with Gasteiger partial charge in [0.05, 0.1) is 6.61 Å². The molecular weight excluding hydrogens is 613 g/mol. The van der Waals surface area contributed by atoms with Gasteiger partial charge in [-0.05, 0) is 123 Å². The van der Waals surface area contributed by atoms with Crippen molar-refractivity contribution in [1.29, 1.82) is 0 Å². The average Bonchev–Trinajstić information content (AvgIpc) is 3.09. The van der Waals surface area contributed by atoms with Gasteiger partial charge in [-0.1, -0.05) is 149 Å². The van der Waals surface area contributed by atoms with E-state index in [1.165, 1.54) is 135 Å². The van der Waals surface area contributed by atoms with Crippen molar-refractivity contribution in [3.63, 3.8) is 0 Å². The van der Waals surface area contributed by atoms with Gasteiger partial charge in [0, 0.05) is 6.42 Å². The van der Waals surface area contributed by atoms with E-state index in [0.29, 0.717) is 12.0 Å². The van der Waals surface area contributed by atoms with Crippen molar-refractivity contribution in [2.45, 2.75) is 215 Å². The second-order valence-corrected chi connectivity index (χ2v) is 18.7. The molecule has 4 aliphatic carbocycles. The van der Waals surface area contributed by atoms with Crippen LogP contribution in [-0.2, 0) is 9.47 Å². The molecule has 0 heterocycles. The largest absolute Gasteiger partial charge is 0.508 e. The van der Waals surface area contributed by atoms with Crippen LogP contribution in [0.3, 0.4) is 0 Å². The van der Waals surface area contributed by atoms with Crippen molar-refractivity contribution in [1.82, 2.24) is 0 Å². The summed E-state index contributed by atoms with van der Waals surface area (Å²) in [6, 6.07) is 0. The van der Waals surface area contributed by atoms with Gasteiger partial charge in [0.25, 0.3) is 0 Å². The molecule has 288 valence electrons. The van der Waals surface area contributed by atoms with Crippen molar-refractivity contribution in [2.75, 3.05) is 6.61 Å². The first-order valence-electron chi connectivity index (χ1n) is 22.4. The predicted octanol–water partition coefficient (Wildman–Crippen LogP) is 15.0. The van der Waals surface area contributed by atoms with Gasteiger partial charge in [0.2, 0.25) is 0 Å². The fourth-order valence-corrected chi connectivity index (χ4v) is 11.6. The summed E-state index contributed by atoms with van der Waals surface area (Å²) in [7, 11) is 0. The molecule has 50 heavy (non-hydrogen) atoms. The second kappa shape index (κ2) is 21.5. The van der Waals surface area contributed by atoms with E-state index in [4.69, 9.17) is 9.47 Å². The molecule has 0 aromatic rings. The zero-order chi connectivity index (χ0) is 35.8. The monoisotopic (exact) mass is 695 g/mol. The summed E-state index contributed by atoms with van der Waals surface area (Å²) < 4.78 is 11.5. The number of unbranched alkanes of at least 4 members (excludes halogenated alkanes) is 12. The zero-order valence-corrected chi connectivity index (χ0v) is 34.1. The lowest BCUT2D eigenvalue weighted by Crippen LogP contribution is -2.54. The van der Waals surface area contributed by atoms with Gasteiger partial charge < -0.3 is 9.47 Å². The normalized spacial score (nSPS) is 31.5. The molecule has 0 saturated heterocycles. The first-order valence-corrected chi connectivity index (χ1v) is 22.4. The summed E-state index contributed by atoms with van der Waals surface area (Å²) in [5.41, 5.74) is 2.40. The molecule has 0 spiro atoms. The van der Waals surface area contributed by atoms with E-state index in [0.717, 1.165) is 67.6 Å². The Balaban J connectivity index is 1.10. The predicted molar refractivity (Wildman–Crippen MR) is 213 cm³/mol. The summed E-state index contributed by atoms with van der Waals surface area (Å²) in [6.45, 7) is 15.4. The van der Waals surface area contributed by atoms with Crippen molar-refractivity contribution in [3.05, 3.63) is 23.8 Å². The second-order valence-electron chi connectivity index (χ2n) is 18.7. The maximum atomic E-state index is 12.6. The van der Waals surface area contributed by atoms with Crippen molar-refractivity contribution in [2.24, 2.45) is 46.3 Å². The Kier molecular flexibility index (Phi) is 17.8. The first kappa shape index (κ1) is 41.5. The third-order valence-corrected chi connectivity index (χ3v) is 14.6. The molecule has 5 unspecified atom stereocenters. The molecule has 0 bridgehead atoms. The minimum Gasteiger partial charge on any atom is -0.434 e. The van der Waals surface area contributed by atoms with Crippen LogP contribution in [0, 0.1) is 46.3 Å². The van der Waals surface area contributed by atoms with Crippen LogP contribution in [0.15, 0.2) is 23.8 Å². The molecule has 3 fully saturated rings. The molecule has 3 nitrogen and oxygen atoms in total. The van der Waals surface area contributed by atoms with E-state index in [1.54, 1.807) is 5.57 Å². The highest BCUT2D eigenvalue weighted by Crippen LogP contribution is 2.66. The SMILES string of the molecule is CCCCCCCC/C=C\CCCCCCCCOC(=O)OC1CCC2(C)C(=CC[C@H]3[C@@H]2CCC2(C)C(C(C)CCCC(C)C)CCC[C@@H]32)C1. The molecule has 0 aromatic carbocycles. The van der Waals surface area contributed by atoms with E-state index in [-0.39, 0.29) is 11.5 Å². The number of ether oxygens (including phenoxy) is 2. The van der Waals surface area contributed by atoms with Gasteiger partial charge in [-0.3, -0.25) is 0 Å². The number of hydrogen-bond donors (Lipinski definition) is 0. The minimum absolute atomic E-state index is 0.0159. The zero-order valence-electron chi connectivity index (χ0n) is 34.1. The third kappa shape index (κ3) is 11.9. The lowest BCUT2D eigenvalue weighted by atomic mass is 9.42. The summed E-state index contributed by atoms with van der Waals surface area (Å²) in [4.78, 5) is 12.6. The summed E-state index contributed by atoms with van der Waals surface area (Å²) in [5, 5.41) is 0. The number of rotatable bonds is 22. The van der Waals surface area contributed by atoms with E-state index in [9.17, 15) is 4.79 Å². The topological polar surface area (TPSA) is 35.5 Å². The Labute approximate surface area is 311 Å². The Morgan fingerprint density at radius 3 is 2.18 bits per heavy atom. The van der Waals surface area contributed by atoms with E-state index >= 15 is 0 Å². The molecule has 0 aromatic heterocycles. The Morgan fingerprint density at radius 1 is 0.800 bits per heavy atom. The fraction of sp³-hybridized carbons (Fsp3) is 0.894. The highest BCUT2D eigenvalue weighted by Gasteiger charge is 2.57. The van der Waals surface area contributed by atoms with Gasteiger partial charge in [-0.15, -0.1) is 0 Å². The smallest absolute Gasteiger partial charge is 0.434 e. The number of fused-ring (bicyclic) bond motifs is 5. The molecule has 4 aliphatic rings. The third-order valence-electron chi connectivity index (χ3n) is 14.6. The Hall–Kier alpha value is -1.25. The highest BCUT2D eigenvalue weighted by atomic mass is 16.7. The number of carbonyl (C=O) groups is 1. The van der Waals surface area contributed by atoms with Crippen LogP contribution in [0.1, 0.15) is 208 Å². The summed E-state index contributed by atoms with van der Waals surface area (Å²) >= 11 is 0. The highest BCUT2D eigenvalue weighted by molar-refractivity contribution is 5.60. The molecule has 0 aliphatic heterocycles. The molecular formula is C47H82O3. The maximum absolute atomic E-state index is 12.6. The van der Waals surface area contributed by atoms with E-state index < -0.39 is 6.16 Å². The van der Waals surface area contributed by atoms with E-state index in [2.05, 4.69) is 59.8 Å². The van der Waals surface area contributed by atoms with Crippen molar-refractivity contribution in [3.8, 4) is 0 Å². The number of carbonyl (C=O) groups excluding carboxylic acids is 1. The van der Waals surface area contributed by atoms with Crippen LogP contribution in [0.25, 0.3) is 0 Å². The summed E-state index contributed by atoms with van der Waals surface area (Å²) in [6.07, 6.45) is 40.6. The van der Waals surface area contributed by atoms with Crippen LogP contribution < -0.4 is 0 Å². The van der Waals surface area contributed by atoms with Crippen LogP contribution in [0.2, 0.25) is 0 Å². The van der Waals surface area contributed by atoms with Gasteiger partial charge in [0.15, 0.2) is 0 Å². The number of hydrogen-bond acceptors (Lipinski definition) is 3. The van der Waals surface area contributed by atoms with Crippen molar-refractivity contribution >= 4 is 6.16 Å². The van der Waals surface area contributed by atoms with Crippen LogP contribution in [-0.4, -0.2) is 18.9 Å². The molecule has 0 radical (unpaired) electrons. The van der Waals surface area contributed by atoms with Gasteiger partial charge in [-0.2, -0.15) is 0 Å². The Bertz CT molecular complexity index is 1030. The maximum Gasteiger partial charge on any atom is 0.508 e. The lowest BCUT2D eigenvalue weighted by Gasteiger charge is -2.62. The molecule has 4 rings (SSSR count). The molecule has 8 atom stereocenters.